The van der Waals surface area contributed by atoms with E-state index in [1.54, 1.807) is 0 Å². The zero-order chi connectivity index (χ0) is 12.5. The van der Waals surface area contributed by atoms with E-state index in [2.05, 4.69) is 0 Å². The van der Waals surface area contributed by atoms with Crippen LogP contribution in [0.3, 0.4) is 0 Å². The third-order valence-electron chi connectivity index (χ3n) is 3.30. The number of rotatable bonds is 1. The molecule has 0 spiro atoms. The molecule has 0 amide bonds. The minimum Gasteiger partial charge on any atom is -0.486 e. The van der Waals surface area contributed by atoms with Crippen molar-refractivity contribution in [1.29, 1.82) is 0 Å². The molecular weight excluding hydrogens is 232 g/mol. The largest absolute Gasteiger partial charge is 0.486 e. The Labute approximate surface area is 105 Å². The van der Waals surface area contributed by atoms with E-state index >= 15 is 0 Å². The van der Waals surface area contributed by atoms with Gasteiger partial charge in [0.25, 0.3) is 0 Å². The molecule has 0 unspecified atom stereocenters. The van der Waals surface area contributed by atoms with Gasteiger partial charge in [0.1, 0.15) is 13.2 Å². The Morgan fingerprint density at radius 2 is 1.89 bits per heavy atom. The SMILES string of the molecule is O=C(O)/C=C1\CCCc2cc3c(cc21)OCCO3. The van der Waals surface area contributed by atoms with Gasteiger partial charge in [-0.15, -0.1) is 0 Å². The Balaban J connectivity index is 2.09. The first kappa shape index (κ1) is 11.1. The first-order valence-electron chi connectivity index (χ1n) is 6.10. The first-order chi connectivity index (χ1) is 8.74. The molecule has 0 atom stereocenters. The summed E-state index contributed by atoms with van der Waals surface area (Å²) in [5.41, 5.74) is 3.02. The molecular formula is C14H14O4. The molecule has 0 saturated heterocycles. The van der Waals surface area contributed by atoms with Crippen molar-refractivity contribution in [2.45, 2.75) is 19.3 Å². The van der Waals surface area contributed by atoms with Crippen LogP contribution in [-0.4, -0.2) is 24.3 Å². The molecule has 1 aliphatic carbocycles. The van der Waals surface area contributed by atoms with Gasteiger partial charge in [0.15, 0.2) is 11.5 Å². The number of carboxylic acid groups (broad SMARTS) is 1. The highest BCUT2D eigenvalue weighted by Gasteiger charge is 2.21. The molecule has 94 valence electrons. The Bertz CT molecular complexity index is 531. The lowest BCUT2D eigenvalue weighted by Gasteiger charge is -2.24. The van der Waals surface area contributed by atoms with Crippen LogP contribution in [0.5, 0.6) is 11.5 Å². The smallest absolute Gasteiger partial charge is 0.328 e. The zero-order valence-electron chi connectivity index (χ0n) is 9.94. The van der Waals surface area contributed by atoms with Crippen LogP contribution in [0.25, 0.3) is 5.57 Å². The fourth-order valence-electron chi connectivity index (χ4n) is 2.54. The predicted molar refractivity (Wildman–Crippen MR) is 66.0 cm³/mol. The molecule has 0 radical (unpaired) electrons. The van der Waals surface area contributed by atoms with Gasteiger partial charge in [0.2, 0.25) is 0 Å². The van der Waals surface area contributed by atoms with Crippen LogP contribution in [0.4, 0.5) is 0 Å². The van der Waals surface area contributed by atoms with Crippen LogP contribution in [0, 0.1) is 0 Å². The molecule has 2 aliphatic rings. The van der Waals surface area contributed by atoms with E-state index in [1.807, 2.05) is 12.1 Å². The molecule has 3 rings (SSSR count). The van der Waals surface area contributed by atoms with E-state index < -0.39 is 5.97 Å². The second kappa shape index (κ2) is 4.37. The van der Waals surface area contributed by atoms with Crippen molar-refractivity contribution in [3.8, 4) is 11.5 Å². The zero-order valence-corrected chi connectivity index (χ0v) is 9.94. The van der Waals surface area contributed by atoms with Crippen LogP contribution in [0.15, 0.2) is 18.2 Å². The van der Waals surface area contributed by atoms with Gasteiger partial charge < -0.3 is 14.6 Å². The molecule has 4 nitrogen and oxygen atoms in total. The monoisotopic (exact) mass is 246 g/mol. The molecule has 0 saturated carbocycles. The van der Waals surface area contributed by atoms with E-state index in [0.29, 0.717) is 13.2 Å². The second-order valence-corrected chi connectivity index (χ2v) is 4.51. The van der Waals surface area contributed by atoms with E-state index in [9.17, 15) is 4.79 Å². The van der Waals surface area contributed by atoms with Crippen molar-refractivity contribution in [2.24, 2.45) is 0 Å². The van der Waals surface area contributed by atoms with Crippen LogP contribution >= 0.6 is 0 Å². The number of fused-ring (bicyclic) bond motifs is 2. The fourth-order valence-corrected chi connectivity index (χ4v) is 2.54. The van der Waals surface area contributed by atoms with E-state index in [1.165, 1.54) is 6.08 Å². The summed E-state index contributed by atoms with van der Waals surface area (Å²) < 4.78 is 11.1. The van der Waals surface area contributed by atoms with Gasteiger partial charge in [-0.3, -0.25) is 0 Å². The summed E-state index contributed by atoms with van der Waals surface area (Å²) in [6.45, 7) is 1.12. The summed E-state index contributed by atoms with van der Waals surface area (Å²) in [6, 6.07) is 3.90. The summed E-state index contributed by atoms with van der Waals surface area (Å²) in [7, 11) is 0. The number of benzene rings is 1. The molecule has 0 bridgehead atoms. The maximum absolute atomic E-state index is 10.8. The van der Waals surface area contributed by atoms with Crippen molar-refractivity contribution < 1.29 is 19.4 Å². The highest BCUT2D eigenvalue weighted by atomic mass is 16.6. The number of allylic oxidation sites excluding steroid dienone is 1. The average Bonchev–Trinajstić information content (AvgIpc) is 2.36. The highest BCUT2D eigenvalue weighted by molar-refractivity contribution is 5.91. The summed E-state index contributed by atoms with van der Waals surface area (Å²) >= 11 is 0. The average molecular weight is 246 g/mol. The Morgan fingerprint density at radius 1 is 1.17 bits per heavy atom. The maximum Gasteiger partial charge on any atom is 0.328 e. The predicted octanol–water partition coefficient (Wildman–Crippen LogP) is 2.26. The van der Waals surface area contributed by atoms with Gasteiger partial charge >= 0.3 is 5.97 Å². The van der Waals surface area contributed by atoms with E-state index in [0.717, 1.165) is 47.5 Å². The van der Waals surface area contributed by atoms with Crippen LogP contribution in [0.1, 0.15) is 24.0 Å². The molecule has 1 aromatic carbocycles. The Kier molecular flexibility index (Phi) is 2.70. The molecule has 1 N–H and O–H groups in total. The topological polar surface area (TPSA) is 55.8 Å². The number of aliphatic carboxylic acids is 1. The van der Waals surface area contributed by atoms with Crippen molar-refractivity contribution in [3.05, 3.63) is 29.3 Å². The molecule has 1 heterocycles. The van der Waals surface area contributed by atoms with Crippen molar-refractivity contribution in [2.75, 3.05) is 13.2 Å². The van der Waals surface area contributed by atoms with Crippen molar-refractivity contribution >= 4 is 11.5 Å². The van der Waals surface area contributed by atoms with Gasteiger partial charge in [-0.1, -0.05) is 0 Å². The first-order valence-corrected chi connectivity index (χ1v) is 6.10. The Hall–Kier alpha value is -1.97. The number of hydrogen-bond acceptors (Lipinski definition) is 3. The number of carbonyl (C=O) groups is 1. The molecule has 0 aromatic heterocycles. The van der Waals surface area contributed by atoms with Crippen LogP contribution < -0.4 is 9.47 Å². The minimum absolute atomic E-state index is 0.545. The summed E-state index contributed by atoms with van der Waals surface area (Å²) in [4.78, 5) is 10.8. The lowest BCUT2D eigenvalue weighted by Crippen LogP contribution is -2.16. The van der Waals surface area contributed by atoms with E-state index in [4.69, 9.17) is 14.6 Å². The van der Waals surface area contributed by atoms with Crippen LogP contribution in [0.2, 0.25) is 0 Å². The normalized spacial score (nSPS) is 19.4. The molecule has 18 heavy (non-hydrogen) atoms. The fraction of sp³-hybridized carbons (Fsp3) is 0.357. The number of hydrogen-bond donors (Lipinski definition) is 1. The standard InChI is InChI=1S/C14H14O4/c15-14(16)7-10-3-1-2-9-6-12-13(8-11(9)10)18-5-4-17-12/h6-8H,1-5H2,(H,15,16)/b10-7+. The minimum atomic E-state index is -0.896. The van der Waals surface area contributed by atoms with Crippen LogP contribution in [-0.2, 0) is 11.2 Å². The van der Waals surface area contributed by atoms with Gasteiger partial charge in [-0.2, -0.15) is 0 Å². The number of ether oxygens (including phenoxy) is 2. The number of carboxylic acids is 1. The lowest BCUT2D eigenvalue weighted by molar-refractivity contribution is -0.131. The number of aryl methyl sites for hydroxylation is 1. The third-order valence-corrected chi connectivity index (χ3v) is 3.30. The van der Waals surface area contributed by atoms with Gasteiger partial charge in [-0.05, 0) is 48.1 Å². The molecule has 4 heteroatoms. The summed E-state index contributed by atoms with van der Waals surface area (Å²) in [6.07, 6.45) is 4.04. The molecule has 1 aromatic rings. The maximum atomic E-state index is 10.8. The van der Waals surface area contributed by atoms with Gasteiger partial charge in [0, 0.05) is 6.08 Å². The van der Waals surface area contributed by atoms with E-state index in [-0.39, 0.29) is 0 Å². The summed E-state index contributed by atoms with van der Waals surface area (Å²) in [5.74, 6) is 0.600. The summed E-state index contributed by atoms with van der Waals surface area (Å²) in [5, 5.41) is 8.90. The molecule has 0 fully saturated rings. The quantitative estimate of drug-likeness (QED) is 0.772. The van der Waals surface area contributed by atoms with Gasteiger partial charge in [0.05, 0.1) is 0 Å². The molecule has 1 aliphatic heterocycles. The van der Waals surface area contributed by atoms with Crippen molar-refractivity contribution in [3.63, 3.8) is 0 Å². The second-order valence-electron chi connectivity index (χ2n) is 4.51. The lowest BCUT2D eigenvalue weighted by atomic mass is 9.86. The highest BCUT2D eigenvalue weighted by Crippen LogP contribution is 2.39. The van der Waals surface area contributed by atoms with Gasteiger partial charge in [-0.25, -0.2) is 4.79 Å². The van der Waals surface area contributed by atoms with Crippen molar-refractivity contribution in [1.82, 2.24) is 0 Å². The third kappa shape index (κ3) is 1.94. The Morgan fingerprint density at radius 3 is 2.61 bits per heavy atom.